The summed E-state index contributed by atoms with van der Waals surface area (Å²) in [6.45, 7) is 6.88. The van der Waals surface area contributed by atoms with Crippen molar-refractivity contribution in [2.45, 2.75) is 19.4 Å². The van der Waals surface area contributed by atoms with E-state index in [0.29, 0.717) is 6.42 Å². The van der Waals surface area contributed by atoms with Crippen molar-refractivity contribution in [3.8, 4) is 0 Å². The molecule has 18 heavy (non-hydrogen) atoms. The topological polar surface area (TPSA) is 35.5 Å². The van der Waals surface area contributed by atoms with E-state index in [1.807, 2.05) is 25.1 Å². The Morgan fingerprint density at radius 3 is 2.78 bits per heavy atom. The van der Waals surface area contributed by atoms with Gasteiger partial charge in [0.05, 0.1) is 6.10 Å². The zero-order valence-electron chi connectivity index (χ0n) is 10.8. The van der Waals surface area contributed by atoms with Crippen molar-refractivity contribution in [2.24, 2.45) is 0 Å². The van der Waals surface area contributed by atoms with E-state index in [2.05, 4.69) is 10.2 Å². The van der Waals surface area contributed by atoms with E-state index < -0.39 is 0 Å². The zero-order valence-corrected chi connectivity index (χ0v) is 11.6. The molecule has 0 spiro atoms. The second-order valence-electron chi connectivity index (χ2n) is 4.98. The molecule has 1 aromatic carbocycles. The number of aryl methyl sites for hydroxylation is 1. The number of hydrogen-bond acceptors (Lipinski definition) is 3. The largest absolute Gasteiger partial charge is 0.391 e. The Labute approximate surface area is 114 Å². The highest BCUT2D eigenvalue weighted by atomic mass is 35.5. The number of benzene rings is 1. The van der Waals surface area contributed by atoms with Crippen LogP contribution in [0.3, 0.4) is 0 Å². The van der Waals surface area contributed by atoms with Gasteiger partial charge in [-0.2, -0.15) is 0 Å². The van der Waals surface area contributed by atoms with Crippen molar-refractivity contribution in [1.82, 2.24) is 10.2 Å². The lowest BCUT2D eigenvalue weighted by Crippen LogP contribution is -2.46. The van der Waals surface area contributed by atoms with Crippen molar-refractivity contribution >= 4 is 11.6 Å². The number of β-amino-alcohol motifs (C(OH)–C–C–N with tert-alkyl or cyclic N) is 1. The van der Waals surface area contributed by atoms with Crippen molar-refractivity contribution < 1.29 is 5.11 Å². The highest BCUT2D eigenvalue weighted by Gasteiger charge is 2.15. The molecule has 3 nitrogen and oxygen atoms in total. The molecule has 2 N–H and O–H groups in total. The Morgan fingerprint density at radius 1 is 1.39 bits per heavy atom. The second kappa shape index (κ2) is 6.53. The van der Waals surface area contributed by atoms with E-state index in [4.69, 9.17) is 11.6 Å². The van der Waals surface area contributed by atoms with Crippen LogP contribution in [0.25, 0.3) is 0 Å². The summed E-state index contributed by atoms with van der Waals surface area (Å²) in [4.78, 5) is 2.31. The number of hydrogen-bond donors (Lipinski definition) is 2. The van der Waals surface area contributed by atoms with Crippen molar-refractivity contribution in [1.29, 1.82) is 0 Å². The number of nitrogens with zero attached hydrogens (tertiary/aromatic N) is 1. The average molecular weight is 269 g/mol. The Bertz CT molecular complexity index is 391. The Morgan fingerprint density at radius 2 is 2.11 bits per heavy atom. The third-order valence-corrected chi connectivity index (χ3v) is 3.67. The van der Waals surface area contributed by atoms with Crippen LogP contribution in [-0.4, -0.2) is 48.8 Å². The quantitative estimate of drug-likeness (QED) is 0.868. The van der Waals surface area contributed by atoms with Crippen LogP contribution >= 0.6 is 11.6 Å². The summed E-state index contributed by atoms with van der Waals surface area (Å²) in [6.07, 6.45) is 0.399. The first-order valence-corrected chi connectivity index (χ1v) is 6.89. The number of aliphatic hydroxyl groups is 1. The molecular weight excluding hydrogens is 248 g/mol. The van der Waals surface area contributed by atoms with Gasteiger partial charge in [0.2, 0.25) is 0 Å². The van der Waals surface area contributed by atoms with Gasteiger partial charge in [0.1, 0.15) is 0 Å². The molecule has 0 radical (unpaired) electrons. The molecule has 2 rings (SSSR count). The molecule has 100 valence electrons. The van der Waals surface area contributed by atoms with Gasteiger partial charge in [-0.15, -0.1) is 0 Å². The minimum Gasteiger partial charge on any atom is -0.391 e. The smallest absolute Gasteiger partial charge is 0.0707 e. The normalized spacial score (nSPS) is 18.8. The van der Waals surface area contributed by atoms with Crippen LogP contribution in [0.1, 0.15) is 11.1 Å². The maximum absolute atomic E-state index is 10.2. The van der Waals surface area contributed by atoms with E-state index in [0.717, 1.165) is 43.3 Å². The number of aliphatic hydroxyl groups excluding tert-OH is 1. The van der Waals surface area contributed by atoms with Crippen molar-refractivity contribution in [3.63, 3.8) is 0 Å². The van der Waals surface area contributed by atoms with Gasteiger partial charge in [-0.25, -0.2) is 0 Å². The molecule has 1 atom stereocenters. The third kappa shape index (κ3) is 3.95. The SMILES string of the molecule is Cc1cc(Cl)ccc1CC(O)CN1CCNCC1. The first kappa shape index (κ1) is 13.8. The molecule has 0 saturated carbocycles. The molecule has 1 aliphatic heterocycles. The number of halogens is 1. The monoisotopic (exact) mass is 268 g/mol. The Kier molecular flexibility index (Phi) is 5.01. The van der Waals surface area contributed by atoms with Gasteiger partial charge in [0.25, 0.3) is 0 Å². The summed E-state index contributed by atoms with van der Waals surface area (Å²) in [6, 6.07) is 5.86. The standard InChI is InChI=1S/C14H21ClN2O/c1-11-8-13(15)3-2-12(11)9-14(18)10-17-6-4-16-5-7-17/h2-3,8,14,16,18H,4-7,9-10H2,1H3. The van der Waals surface area contributed by atoms with Crippen LogP contribution in [-0.2, 0) is 6.42 Å². The van der Waals surface area contributed by atoms with Crippen molar-refractivity contribution in [2.75, 3.05) is 32.7 Å². The van der Waals surface area contributed by atoms with Gasteiger partial charge in [0, 0.05) is 37.7 Å². The number of rotatable bonds is 4. The van der Waals surface area contributed by atoms with Gasteiger partial charge in [-0.3, -0.25) is 4.90 Å². The van der Waals surface area contributed by atoms with E-state index in [-0.39, 0.29) is 6.10 Å². The van der Waals surface area contributed by atoms with Gasteiger partial charge in [-0.1, -0.05) is 17.7 Å². The molecular formula is C14H21ClN2O. The molecule has 1 fully saturated rings. The molecule has 0 bridgehead atoms. The van der Waals surface area contributed by atoms with E-state index >= 15 is 0 Å². The van der Waals surface area contributed by atoms with E-state index in [1.165, 1.54) is 5.56 Å². The van der Waals surface area contributed by atoms with Crippen LogP contribution in [0.2, 0.25) is 5.02 Å². The van der Waals surface area contributed by atoms with Crippen LogP contribution < -0.4 is 5.32 Å². The summed E-state index contributed by atoms with van der Waals surface area (Å²) in [7, 11) is 0. The molecule has 1 heterocycles. The third-order valence-electron chi connectivity index (χ3n) is 3.44. The highest BCUT2D eigenvalue weighted by molar-refractivity contribution is 6.30. The lowest BCUT2D eigenvalue weighted by atomic mass is 10.0. The zero-order chi connectivity index (χ0) is 13.0. The van der Waals surface area contributed by atoms with Crippen LogP contribution in [0.5, 0.6) is 0 Å². The summed E-state index contributed by atoms with van der Waals surface area (Å²) in [5.74, 6) is 0. The average Bonchev–Trinajstić information content (AvgIpc) is 2.34. The van der Waals surface area contributed by atoms with Crippen LogP contribution in [0, 0.1) is 6.92 Å². The first-order valence-electron chi connectivity index (χ1n) is 6.51. The van der Waals surface area contributed by atoms with Crippen LogP contribution in [0.4, 0.5) is 0 Å². The maximum atomic E-state index is 10.2. The molecule has 1 unspecified atom stereocenters. The van der Waals surface area contributed by atoms with Crippen LogP contribution in [0.15, 0.2) is 18.2 Å². The molecule has 0 aliphatic carbocycles. The molecule has 0 amide bonds. The van der Waals surface area contributed by atoms with Gasteiger partial charge in [-0.05, 0) is 36.6 Å². The predicted octanol–water partition coefficient (Wildman–Crippen LogP) is 1.46. The number of piperazine rings is 1. The molecule has 1 aromatic rings. The van der Waals surface area contributed by atoms with E-state index in [1.54, 1.807) is 0 Å². The summed E-state index contributed by atoms with van der Waals surface area (Å²) in [5.41, 5.74) is 2.34. The molecule has 1 saturated heterocycles. The minimum atomic E-state index is -0.303. The Balaban J connectivity index is 1.87. The van der Waals surface area contributed by atoms with Gasteiger partial charge in [0.15, 0.2) is 0 Å². The first-order chi connectivity index (χ1) is 8.65. The molecule has 1 aliphatic rings. The van der Waals surface area contributed by atoms with Gasteiger partial charge >= 0.3 is 0 Å². The summed E-state index contributed by atoms with van der Waals surface area (Å²) in [5, 5.41) is 14.2. The second-order valence-corrected chi connectivity index (χ2v) is 5.42. The minimum absolute atomic E-state index is 0.303. The fraction of sp³-hybridized carbons (Fsp3) is 0.571. The lowest BCUT2D eigenvalue weighted by molar-refractivity contribution is 0.105. The number of nitrogens with one attached hydrogen (secondary N) is 1. The van der Waals surface area contributed by atoms with Gasteiger partial charge < -0.3 is 10.4 Å². The lowest BCUT2D eigenvalue weighted by Gasteiger charge is -2.29. The molecule has 0 aromatic heterocycles. The summed E-state index contributed by atoms with van der Waals surface area (Å²) < 4.78 is 0. The fourth-order valence-corrected chi connectivity index (χ4v) is 2.63. The molecule has 4 heteroatoms. The van der Waals surface area contributed by atoms with Crippen molar-refractivity contribution in [3.05, 3.63) is 34.3 Å². The Hall–Kier alpha value is -0.610. The highest BCUT2D eigenvalue weighted by Crippen LogP contribution is 2.17. The summed E-state index contributed by atoms with van der Waals surface area (Å²) >= 11 is 5.93. The predicted molar refractivity (Wildman–Crippen MR) is 75.2 cm³/mol. The maximum Gasteiger partial charge on any atom is 0.0707 e. The fourth-order valence-electron chi connectivity index (χ4n) is 2.40. The van der Waals surface area contributed by atoms with E-state index in [9.17, 15) is 5.11 Å².